The van der Waals surface area contributed by atoms with Crippen LogP contribution < -0.4 is 10.5 Å². The van der Waals surface area contributed by atoms with Gasteiger partial charge in [-0.2, -0.15) is 0 Å². The molecule has 1 rings (SSSR count). The van der Waals surface area contributed by atoms with Crippen LogP contribution in [0, 0.1) is 5.82 Å². The summed E-state index contributed by atoms with van der Waals surface area (Å²) in [5.74, 6) is -2.88. The van der Waals surface area contributed by atoms with E-state index in [2.05, 4.69) is 4.74 Å². The van der Waals surface area contributed by atoms with Crippen molar-refractivity contribution >= 4 is 5.97 Å². The summed E-state index contributed by atoms with van der Waals surface area (Å²) >= 11 is 0. The van der Waals surface area contributed by atoms with Gasteiger partial charge in [-0.05, 0) is 23.8 Å². The molecule has 0 bridgehead atoms. The van der Waals surface area contributed by atoms with Gasteiger partial charge in [-0.15, -0.1) is 13.2 Å². The normalized spacial score (nSPS) is 13.2. The highest BCUT2D eigenvalue weighted by atomic mass is 19.4. The molecule has 0 aliphatic carbocycles. The van der Waals surface area contributed by atoms with Crippen LogP contribution in [0.3, 0.4) is 0 Å². The molecule has 1 aromatic carbocycles. The number of hydrogen-bond acceptors (Lipinski definition) is 3. The highest BCUT2D eigenvalue weighted by Crippen LogP contribution is 2.27. The minimum absolute atomic E-state index is 0.262. The van der Waals surface area contributed by atoms with Crippen molar-refractivity contribution in [3.63, 3.8) is 0 Å². The molecule has 0 aromatic heterocycles. The first-order chi connectivity index (χ1) is 8.19. The molecule has 0 spiro atoms. The number of carboxylic acids is 1. The van der Waals surface area contributed by atoms with Gasteiger partial charge in [-0.1, -0.05) is 0 Å². The maximum absolute atomic E-state index is 12.9. The maximum Gasteiger partial charge on any atom is 0.573 e. The van der Waals surface area contributed by atoms with Crippen molar-refractivity contribution in [1.82, 2.24) is 0 Å². The van der Waals surface area contributed by atoms with Crippen molar-refractivity contribution in [3.05, 3.63) is 29.6 Å². The van der Waals surface area contributed by atoms with Gasteiger partial charge in [0.05, 0.1) is 0 Å². The highest BCUT2D eigenvalue weighted by molar-refractivity contribution is 5.73. The van der Waals surface area contributed by atoms with Gasteiger partial charge in [0.1, 0.15) is 17.6 Å². The fourth-order valence-corrected chi connectivity index (χ4v) is 1.26. The lowest BCUT2D eigenvalue weighted by molar-refractivity contribution is -0.274. The molecule has 18 heavy (non-hydrogen) atoms. The summed E-state index contributed by atoms with van der Waals surface area (Å²) in [5, 5.41) is 8.55. The summed E-state index contributed by atoms with van der Waals surface area (Å²) < 4.78 is 52.7. The third kappa shape index (κ3) is 4.21. The van der Waals surface area contributed by atoms with Crippen LogP contribution in [-0.2, 0) is 11.2 Å². The standard InChI is InChI=1S/C10H9F4NO3/c11-6-1-2-8(18-10(12,13)14)5(3-6)4-7(15)9(16)17/h1-3,7H,4,15H2,(H,16,17)/t7-/m0/s1. The number of halogens is 4. The second-order valence-electron chi connectivity index (χ2n) is 3.45. The molecule has 1 atom stereocenters. The Balaban J connectivity index is 3.00. The van der Waals surface area contributed by atoms with Gasteiger partial charge >= 0.3 is 12.3 Å². The zero-order valence-corrected chi connectivity index (χ0v) is 8.87. The number of alkyl halides is 3. The van der Waals surface area contributed by atoms with E-state index in [1.165, 1.54) is 0 Å². The molecule has 0 radical (unpaired) electrons. The average Bonchev–Trinajstić information content (AvgIpc) is 2.20. The van der Waals surface area contributed by atoms with Crippen molar-refractivity contribution in [1.29, 1.82) is 0 Å². The average molecular weight is 267 g/mol. The molecule has 0 amide bonds. The second-order valence-corrected chi connectivity index (χ2v) is 3.45. The van der Waals surface area contributed by atoms with Crippen LogP contribution in [0.1, 0.15) is 5.56 Å². The van der Waals surface area contributed by atoms with Crippen LogP contribution in [-0.4, -0.2) is 23.5 Å². The van der Waals surface area contributed by atoms with E-state index in [-0.39, 0.29) is 5.56 Å². The predicted octanol–water partition coefficient (Wildman–Crippen LogP) is 1.68. The third-order valence-electron chi connectivity index (χ3n) is 2.01. The summed E-state index contributed by atoms with van der Waals surface area (Å²) in [6.45, 7) is 0. The van der Waals surface area contributed by atoms with Crippen LogP contribution in [0.25, 0.3) is 0 Å². The Morgan fingerprint density at radius 1 is 1.44 bits per heavy atom. The molecular formula is C10H9F4NO3. The molecule has 100 valence electrons. The molecular weight excluding hydrogens is 258 g/mol. The number of aliphatic carboxylic acids is 1. The van der Waals surface area contributed by atoms with E-state index in [1.807, 2.05) is 0 Å². The Labute approximate surface area is 99.0 Å². The van der Waals surface area contributed by atoms with Crippen LogP contribution in [0.4, 0.5) is 17.6 Å². The Morgan fingerprint density at radius 3 is 2.56 bits per heavy atom. The molecule has 1 aromatic rings. The molecule has 3 N–H and O–H groups in total. The van der Waals surface area contributed by atoms with Gasteiger partial charge in [0.2, 0.25) is 0 Å². The smallest absolute Gasteiger partial charge is 0.480 e. The summed E-state index contributed by atoms with van der Waals surface area (Å²) in [6, 6.07) is 0.857. The van der Waals surface area contributed by atoms with E-state index in [0.717, 1.165) is 18.2 Å². The summed E-state index contributed by atoms with van der Waals surface area (Å²) in [4.78, 5) is 10.5. The van der Waals surface area contributed by atoms with E-state index in [1.54, 1.807) is 0 Å². The summed E-state index contributed by atoms with van der Waals surface area (Å²) in [7, 11) is 0. The Bertz CT molecular complexity index is 447. The van der Waals surface area contributed by atoms with E-state index < -0.39 is 36.4 Å². The number of hydrogen-bond donors (Lipinski definition) is 2. The van der Waals surface area contributed by atoms with Crippen molar-refractivity contribution in [2.45, 2.75) is 18.8 Å². The zero-order chi connectivity index (χ0) is 13.9. The summed E-state index contributed by atoms with van der Waals surface area (Å²) in [6.07, 6.45) is -5.42. The molecule has 0 aliphatic rings. The van der Waals surface area contributed by atoms with Gasteiger partial charge in [0.15, 0.2) is 0 Å². The van der Waals surface area contributed by atoms with Gasteiger partial charge in [0.25, 0.3) is 0 Å². The van der Waals surface area contributed by atoms with E-state index >= 15 is 0 Å². The Hall–Kier alpha value is -1.83. The van der Waals surface area contributed by atoms with Gasteiger partial charge in [0, 0.05) is 6.42 Å². The van der Waals surface area contributed by atoms with Crippen molar-refractivity contribution < 1.29 is 32.2 Å². The second kappa shape index (κ2) is 5.21. The van der Waals surface area contributed by atoms with E-state index in [0.29, 0.717) is 0 Å². The number of ether oxygens (including phenoxy) is 1. The molecule has 0 unspecified atom stereocenters. The lowest BCUT2D eigenvalue weighted by atomic mass is 10.1. The third-order valence-corrected chi connectivity index (χ3v) is 2.01. The number of benzene rings is 1. The van der Waals surface area contributed by atoms with E-state index in [4.69, 9.17) is 10.8 Å². The first kappa shape index (κ1) is 14.2. The Kier molecular flexibility index (Phi) is 4.12. The highest BCUT2D eigenvalue weighted by Gasteiger charge is 2.32. The minimum Gasteiger partial charge on any atom is -0.480 e. The summed E-state index contributed by atoms with van der Waals surface area (Å²) in [5.41, 5.74) is 4.91. The predicted molar refractivity (Wildman–Crippen MR) is 52.4 cm³/mol. The van der Waals surface area contributed by atoms with Crippen LogP contribution >= 0.6 is 0 Å². The van der Waals surface area contributed by atoms with Crippen molar-refractivity contribution in [3.8, 4) is 5.75 Å². The number of nitrogens with two attached hydrogens (primary N) is 1. The molecule has 0 heterocycles. The number of rotatable bonds is 4. The maximum atomic E-state index is 12.9. The quantitative estimate of drug-likeness (QED) is 0.814. The fraction of sp³-hybridized carbons (Fsp3) is 0.300. The van der Waals surface area contributed by atoms with E-state index in [9.17, 15) is 22.4 Å². The molecule has 0 aliphatic heterocycles. The first-order valence-electron chi connectivity index (χ1n) is 4.71. The van der Waals surface area contributed by atoms with Crippen LogP contribution in [0.15, 0.2) is 18.2 Å². The van der Waals surface area contributed by atoms with Crippen molar-refractivity contribution in [2.24, 2.45) is 5.73 Å². The minimum atomic E-state index is -4.94. The lowest BCUT2D eigenvalue weighted by Crippen LogP contribution is -2.32. The SMILES string of the molecule is N[C@@H](Cc1cc(F)ccc1OC(F)(F)F)C(=O)O. The fourth-order valence-electron chi connectivity index (χ4n) is 1.26. The molecule has 8 heteroatoms. The number of carboxylic acid groups (broad SMARTS) is 1. The first-order valence-corrected chi connectivity index (χ1v) is 4.71. The zero-order valence-electron chi connectivity index (χ0n) is 8.87. The molecule has 0 saturated heterocycles. The van der Waals surface area contributed by atoms with Crippen molar-refractivity contribution in [2.75, 3.05) is 0 Å². The number of carbonyl (C=O) groups is 1. The lowest BCUT2D eigenvalue weighted by Gasteiger charge is -2.14. The topological polar surface area (TPSA) is 72.5 Å². The molecule has 4 nitrogen and oxygen atoms in total. The monoisotopic (exact) mass is 267 g/mol. The van der Waals surface area contributed by atoms with Crippen LogP contribution in [0.2, 0.25) is 0 Å². The Morgan fingerprint density at radius 2 is 2.06 bits per heavy atom. The largest absolute Gasteiger partial charge is 0.573 e. The molecule has 0 fully saturated rings. The van der Waals surface area contributed by atoms with Gasteiger partial charge in [-0.3, -0.25) is 4.79 Å². The van der Waals surface area contributed by atoms with Gasteiger partial charge < -0.3 is 15.6 Å². The van der Waals surface area contributed by atoms with Crippen LogP contribution in [0.5, 0.6) is 5.75 Å². The van der Waals surface area contributed by atoms with Gasteiger partial charge in [-0.25, -0.2) is 4.39 Å². The molecule has 0 saturated carbocycles.